The number of anilines is 1. The molecule has 0 aliphatic carbocycles. The summed E-state index contributed by atoms with van der Waals surface area (Å²) in [5.74, 6) is 1.17. The van der Waals surface area contributed by atoms with Gasteiger partial charge in [0.15, 0.2) is 12.6 Å². The Bertz CT molecular complexity index is 1880. The lowest BCUT2D eigenvalue weighted by Crippen LogP contribution is -2.51. The van der Waals surface area contributed by atoms with Crippen molar-refractivity contribution in [1.29, 1.82) is 0 Å². The maximum Gasteiger partial charge on any atom is 0.319 e. The first kappa shape index (κ1) is 31.9. The predicted octanol–water partition coefficient (Wildman–Crippen LogP) is 7.10. The maximum absolute atomic E-state index is 17.1. The number of fused-ring (bicyclic) bond motifs is 3. The topological polar surface area (TPSA) is 72.8 Å². The molecule has 4 aliphatic heterocycles. The molecule has 6 heterocycles. The van der Waals surface area contributed by atoms with Crippen LogP contribution in [0.3, 0.4) is 0 Å². The summed E-state index contributed by atoms with van der Waals surface area (Å²) in [6.07, 6.45) is 6.66. The zero-order valence-electron chi connectivity index (χ0n) is 27.4. The first-order chi connectivity index (χ1) is 23.3. The summed E-state index contributed by atoms with van der Waals surface area (Å²) in [5.41, 5.74) is 0.587. The highest BCUT2D eigenvalue weighted by Gasteiger charge is 2.49. The molecule has 4 fully saturated rings. The first-order valence-corrected chi connectivity index (χ1v) is 17.9. The van der Waals surface area contributed by atoms with Crippen LogP contribution in [0.5, 0.6) is 11.8 Å². The SMILES string of the molecule is CCc1c(F)ccc2cc(OCOC)cc(-c3ncc4c(N5CCCC6(CCS6)C5)nc(OC[C@@]56CCCN5C[C@H](F)C6)nc4c3F)c12. The van der Waals surface area contributed by atoms with E-state index in [9.17, 15) is 4.39 Å². The monoisotopic (exact) mass is 679 g/mol. The first-order valence-electron chi connectivity index (χ1n) is 17.0. The van der Waals surface area contributed by atoms with E-state index in [0.717, 1.165) is 57.5 Å². The second-order valence-corrected chi connectivity index (χ2v) is 15.2. The van der Waals surface area contributed by atoms with Gasteiger partial charge in [0.2, 0.25) is 0 Å². The molecule has 1 unspecified atom stereocenters. The number of ether oxygens (including phenoxy) is 3. The van der Waals surface area contributed by atoms with Gasteiger partial charge in [-0.25, -0.2) is 13.2 Å². The number of pyridine rings is 1. The normalized spacial score (nSPS) is 25.6. The van der Waals surface area contributed by atoms with E-state index in [4.69, 9.17) is 19.2 Å². The zero-order chi connectivity index (χ0) is 33.0. The van der Waals surface area contributed by atoms with Crippen molar-refractivity contribution in [3.8, 4) is 23.0 Å². The van der Waals surface area contributed by atoms with E-state index < -0.39 is 17.5 Å². The summed E-state index contributed by atoms with van der Waals surface area (Å²) in [6, 6.07) is 6.63. The molecule has 3 atom stereocenters. The van der Waals surface area contributed by atoms with Gasteiger partial charge in [-0.3, -0.25) is 9.88 Å². The number of alkyl halides is 1. The van der Waals surface area contributed by atoms with Crippen LogP contribution in [0.15, 0.2) is 30.5 Å². The molecule has 2 aromatic carbocycles. The lowest BCUT2D eigenvalue weighted by molar-refractivity contribution is 0.0512. The van der Waals surface area contributed by atoms with E-state index in [2.05, 4.69) is 19.8 Å². The van der Waals surface area contributed by atoms with Crippen molar-refractivity contribution in [3.05, 3.63) is 47.7 Å². The summed E-state index contributed by atoms with van der Waals surface area (Å²) in [4.78, 5) is 18.7. The Morgan fingerprint density at radius 2 is 1.92 bits per heavy atom. The van der Waals surface area contributed by atoms with Crippen LogP contribution in [0.2, 0.25) is 0 Å². The fourth-order valence-electron chi connectivity index (χ4n) is 8.39. The van der Waals surface area contributed by atoms with Gasteiger partial charge in [-0.05, 0) is 85.4 Å². The van der Waals surface area contributed by atoms with Gasteiger partial charge in [0.1, 0.15) is 41.4 Å². The Hall–Kier alpha value is -3.35. The lowest BCUT2D eigenvalue weighted by atomic mass is 9.93. The van der Waals surface area contributed by atoms with Gasteiger partial charge >= 0.3 is 6.01 Å². The number of piperidine rings is 1. The van der Waals surface area contributed by atoms with Crippen LogP contribution >= 0.6 is 11.8 Å². The average Bonchev–Trinajstić information content (AvgIpc) is 3.61. The minimum absolute atomic E-state index is 0.00459. The molecule has 4 aromatic rings. The number of nitrogens with zero attached hydrogens (tertiary/aromatic N) is 5. The van der Waals surface area contributed by atoms with Crippen molar-refractivity contribution in [3.63, 3.8) is 0 Å². The molecule has 0 bridgehead atoms. The van der Waals surface area contributed by atoms with Crippen molar-refractivity contribution < 1.29 is 27.4 Å². The third-order valence-corrected chi connectivity index (χ3v) is 12.3. The smallest absolute Gasteiger partial charge is 0.319 e. The van der Waals surface area contributed by atoms with Crippen molar-refractivity contribution in [1.82, 2.24) is 19.9 Å². The molecule has 8 nitrogen and oxygen atoms in total. The van der Waals surface area contributed by atoms with E-state index in [0.29, 0.717) is 58.2 Å². The number of aryl methyl sites for hydroxylation is 1. The standard InChI is InChI=1S/C36H40F3N5O3S/c1-3-25-28(38)7-6-22-14-24(47-21-45-2)15-26(29(22)25)31-30(39)32-27(17-40-31)33(43-11-5-9-36(19-43)10-13-48-36)42-34(41-32)46-20-35-8-4-12-44(35)18-23(37)16-35/h6-7,14-15,17,23H,3-5,8-13,16,18-21H2,1-2H3/t23-,35+,36?/m1/s1. The molecule has 48 heavy (non-hydrogen) atoms. The number of methoxy groups -OCH3 is 1. The van der Waals surface area contributed by atoms with Gasteiger partial charge in [-0.2, -0.15) is 21.7 Å². The zero-order valence-corrected chi connectivity index (χ0v) is 28.2. The minimum Gasteiger partial charge on any atom is -0.468 e. The quantitative estimate of drug-likeness (QED) is 0.172. The molecule has 4 saturated heterocycles. The van der Waals surface area contributed by atoms with Crippen molar-refractivity contribution in [2.24, 2.45) is 0 Å². The third-order valence-electron chi connectivity index (χ3n) is 10.8. The maximum atomic E-state index is 17.1. The molecule has 254 valence electrons. The van der Waals surface area contributed by atoms with Gasteiger partial charge in [0.05, 0.1) is 10.9 Å². The molecular weight excluding hydrogens is 639 g/mol. The Morgan fingerprint density at radius 3 is 2.71 bits per heavy atom. The van der Waals surface area contributed by atoms with Crippen molar-refractivity contribution in [2.45, 2.75) is 68.3 Å². The van der Waals surface area contributed by atoms with Gasteiger partial charge in [0.25, 0.3) is 0 Å². The second-order valence-electron chi connectivity index (χ2n) is 13.7. The molecule has 1 spiro atoms. The van der Waals surface area contributed by atoms with Gasteiger partial charge in [0, 0.05) is 49.7 Å². The highest BCUT2D eigenvalue weighted by Crippen LogP contribution is 2.48. The summed E-state index contributed by atoms with van der Waals surface area (Å²) >= 11 is 1.99. The van der Waals surface area contributed by atoms with Gasteiger partial charge in [-0.15, -0.1) is 0 Å². The van der Waals surface area contributed by atoms with Crippen molar-refractivity contribution >= 4 is 39.3 Å². The number of benzene rings is 2. The Morgan fingerprint density at radius 1 is 1.06 bits per heavy atom. The molecule has 4 aliphatic rings. The highest BCUT2D eigenvalue weighted by atomic mass is 32.2. The van der Waals surface area contributed by atoms with Crippen LogP contribution in [-0.2, 0) is 11.2 Å². The summed E-state index contributed by atoms with van der Waals surface area (Å²) in [5, 5.41) is 1.76. The molecule has 2 aromatic heterocycles. The fourth-order valence-corrected chi connectivity index (χ4v) is 9.70. The van der Waals surface area contributed by atoms with Crippen molar-refractivity contribution in [2.75, 3.05) is 57.3 Å². The molecule has 0 amide bonds. The number of hydrogen-bond donors (Lipinski definition) is 0. The Labute approximate surface area is 282 Å². The van der Waals surface area contributed by atoms with Gasteiger partial charge < -0.3 is 19.1 Å². The second kappa shape index (κ2) is 12.5. The molecule has 0 radical (unpaired) electrons. The molecule has 0 saturated carbocycles. The van der Waals surface area contributed by atoms with Crippen LogP contribution in [0, 0.1) is 11.6 Å². The van der Waals surface area contributed by atoms with E-state index in [1.807, 2.05) is 18.7 Å². The average molecular weight is 680 g/mol. The van der Waals surface area contributed by atoms with Crippen LogP contribution in [-0.4, -0.2) is 88.8 Å². The number of rotatable bonds is 9. The van der Waals surface area contributed by atoms with E-state index >= 15 is 8.78 Å². The largest absolute Gasteiger partial charge is 0.468 e. The molecular formula is C36H40F3N5O3S. The van der Waals surface area contributed by atoms with Crippen LogP contribution in [0.25, 0.3) is 32.9 Å². The Kier molecular flexibility index (Phi) is 8.31. The number of hydrogen-bond acceptors (Lipinski definition) is 9. The minimum atomic E-state index is -0.895. The molecule has 0 N–H and O–H groups in total. The van der Waals surface area contributed by atoms with Crippen LogP contribution in [0.1, 0.15) is 51.0 Å². The highest BCUT2D eigenvalue weighted by molar-refractivity contribution is 8.02. The third kappa shape index (κ3) is 5.44. The van der Waals surface area contributed by atoms with E-state index in [1.54, 1.807) is 24.4 Å². The van der Waals surface area contributed by atoms with Gasteiger partial charge in [-0.1, -0.05) is 13.0 Å². The number of thioether (sulfide) groups is 1. The van der Waals surface area contributed by atoms with Crippen LogP contribution in [0.4, 0.5) is 19.0 Å². The van der Waals surface area contributed by atoms with Crippen LogP contribution < -0.4 is 14.4 Å². The van der Waals surface area contributed by atoms with E-state index in [1.165, 1.54) is 13.2 Å². The molecule has 8 rings (SSSR count). The predicted molar refractivity (Wildman–Crippen MR) is 182 cm³/mol. The number of aromatic nitrogens is 3. The summed E-state index contributed by atoms with van der Waals surface area (Å²) in [6.45, 7) is 4.93. The summed E-state index contributed by atoms with van der Waals surface area (Å²) < 4.78 is 64.2. The lowest BCUT2D eigenvalue weighted by Gasteiger charge is -2.48. The summed E-state index contributed by atoms with van der Waals surface area (Å²) in [7, 11) is 1.52. The number of halogens is 3. The van der Waals surface area contributed by atoms with E-state index in [-0.39, 0.29) is 41.2 Å². The molecule has 12 heteroatoms. The fraction of sp³-hybridized carbons (Fsp3) is 0.528. The Balaban J connectivity index is 1.27.